The van der Waals surface area contributed by atoms with Gasteiger partial charge in [0.25, 0.3) is 0 Å². The SMILES string of the molecule is CN(C)C1SC=CS1. The van der Waals surface area contributed by atoms with Crippen LogP contribution < -0.4 is 0 Å². The summed E-state index contributed by atoms with van der Waals surface area (Å²) in [5, 5.41) is 4.27. The smallest absolute Gasteiger partial charge is 0.110 e. The number of nitrogens with zero attached hydrogens (tertiary/aromatic N) is 1. The van der Waals surface area contributed by atoms with Gasteiger partial charge in [0.05, 0.1) is 0 Å². The second kappa shape index (κ2) is 2.80. The van der Waals surface area contributed by atoms with Gasteiger partial charge in [0.1, 0.15) is 4.71 Å². The summed E-state index contributed by atoms with van der Waals surface area (Å²) in [6.07, 6.45) is 0. The van der Waals surface area contributed by atoms with E-state index in [4.69, 9.17) is 0 Å². The van der Waals surface area contributed by atoms with Crippen molar-refractivity contribution in [3.8, 4) is 0 Å². The summed E-state index contributed by atoms with van der Waals surface area (Å²) in [4.78, 5) is 2.20. The monoisotopic (exact) mass is 147 g/mol. The first kappa shape index (κ1) is 6.52. The van der Waals surface area contributed by atoms with Crippen molar-refractivity contribution in [3.63, 3.8) is 0 Å². The second-order valence-corrected chi connectivity index (χ2v) is 4.10. The van der Waals surface area contributed by atoms with Gasteiger partial charge in [0.2, 0.25) is 0 Å². The van der Waals surface area contributed by atoms with Crippen LogP contribution in [0.1, 0.15) is 0 Å². The van der Waals surface area contributed by atoms with E-state index in [1.165, 1.54) is 0 Å². The van der Waals surface area contributed by atoms with Crippen molar-refractivity contribution >= 4 is 23.5 Å². The molecule has 0 aromatic heterocycles. The molecule has 0 N–H and O–H groups in total. The average molecular weight is 147 g/mol. The number of hydrogen-bond donors (Lipinski definition) is 0. The van der Waals surface area contributed by atoms with Crippen molar-refractivity contribution in [2.45, 2.75) is 4.71 Å². The van der Waals surface area contributed by atoms with Gasteiger partial charge in [-0.05, 0) is 24.9 Å². The van der Waals surface area contributed by atoms with Crippen LogP contribution in [0.2, 0.25) is 0 Å². The fourth-order valence-corrected chi connectivity index (χ4v) is 2.38. The van der Waals surface area contributed by atoms with Crippen molar-refractivity contribution in [1.29, 1.82) is 0 Å². The minimum atomic E-state index is 0.620. The van der Waals surface area contributed by atoms with Crippen LogP contribution in [0.4, 0.5) is 0 Å². The summed E-state index contributed by atoms with van der Waals surface area (Å²) in [5.41, 5.74) is 0. The molecule has 1 nitrogen and oxygen atoms in total. The molecule has 0 amide bonds. The summed E-state index contributed by atoms with van der Waals surface area (Å²) >= 11 is 3.72. The van der Waals surface area contributed by atoms with Gasteiger partial charge in [-0.25, -0.2) is 0 Å². The van der Waals surface area contributed by atoms with Crippen LogP contribution >= 0.6 is 23.5 Å². The molecule has 0 radical (unpaired) electrons. The second-order valence-electron chi connectivity index (χ2n) is 1.81. The normalized spacial score (nSPS) is 20.9. The lowest BCUT2D eigenvalue weighted by atomic mass is 11.0. The quantitative estimate of drug-likeness (QED) is 0.556. The molecule has 3 heteroatoms. The molecule has 0 aromatic carbocycles. The minimum Gasteiger partial charge on any atom is -0.289 e. The third-order valence-corrected chi connectivity index (χ3v) is 3.60. The molecule has 0 saturated heterocycles. The molecule has 1 aliphatic heterocycles. The Morgan fingerprint density at radius 2 is 1.75 bits per heavy atom. The number of hydrogen-bond acceptors (Lipinski definition) is 3. The van der Waals surface area contributed by atoms with Crippen molar-refractivity contribution in [3.05, 3.63) is 10.8 Å². The van der Waals surface area contributed by atoms with Crippen LogP contribution in [0.3, 0.4) is 0 Å². The maximum atomic E-state index is 2.20. The Morgan fingerprint density at radius 1 is 1.25 bits per heavy atom. The van der Waals surface area contributed by atoms with E-state index < -0.39 is 0 Å². The molecule has 8 heavy (non-hydrogen) atoms. The standard InChI is InChI=1S/C5H9NS2/c1-6(2)5-7-3-4-8-5/h3-5H,1-2H3. The predicted octanol–water partition coefficient (Wildman–Crippen LogP) is 1.78. The molecular weight excluding hydrogens is 138 g/mol. The summed E-state index contributed by atoms with van der Waals surface area (Å²) in [6.45, 7) is 0. The molecule has 1 rings (SSSR count). The molecule has 46 valence electrons. The first-order chi connectivity index (χ1) is 3.80. The highest BCUT2D eigenvalue weighted by Crippen LogP contribution is 2.33. The third-order valence-electron chi connectivity index (χ3n) is 0.867. The molecule has 0 unspecified atom stereocenters. The Kier molecular flexibility index (Phi) is 2.28. The maximum absolute atomic E-state index is 2.20. The summed E-state index contributed by atoms with van der Waals surface area (Å²) < 4.78 is 0.620. The lowest BCUT2D eigenvalue weighted by Crippen LogP contribution is -2.18. The van der Waals surface area contributed by atoms with Gasteiger partial charge in [-0.2, -0.15) is 0 Å². The maximum Gasteiger partial charge on any atom is 0.110 e. The molecule has 0 bridgehead atoms. The molecule has 0 spiro atoms. The van der Waals surface area contributed by atoms with E-state index in [0.29, 0.717) is 4.71 Å². The van der Waals surface area contributed by atoms with Gasteiger partial charge in [0.15, 0.2) is 0 Å². The topological polar surface area (TPSA) is 3.24 Å². The van der Waals surface area contributed by atoms with Gasteiger partial charge >= 0.3 is 0 Å². The zero-order chi connectivity index (χ0) is 5.98. The fraction of sp³-hybridized carbons (Fsp3) is 0.600. The summed E-state index contributed by atoms with van der Waals surface area (Å²) in [5.74, 6) is 0. The Balaban J connectivity index is 2.29. The highest BCUT2D eigenvalue weighted by Gasteiger charge is 2.12. The molecule has 1 aliphatic rings. The molecule has 0 aliphatic carbocycles. The van der Waals surface area contributed by atoms with E-state index >= 15 is 0 Å². The Bertz CT molecular complexity index is 92.6. The molecule has 0 aromatic rings. The van der Waals surface area contributed by atoms with Crippen LogP contribution in [0, 0.1) is 0 Å². The molecular formula is C5H9NS2. The summed E-state index contributed by atoms with van der Waals surface area (Å²) in [7, 11) is 4.19. The van der Waals surface area contributed by atoms with Crippen molar-refractivity contribution < 1.29 is 0 Å². The third kappa shape index (κ3) is 1.44. The van der Waals surface area contributed by atoms with Crippen LogP contribution in [0.25, 0.3) is 0 Å². The van der Waals surface area contributed by atoms with Crippen LogP contribution in [0.5, 0.6) is 0 Å². The summed E-state index contributed by atoms with van der Waals surface area (Å²) in [6, 6.07) is 0. The molecule has 0 saturated carbocycles. The van der Waals surface area contributed by atoms with Gasteiger partial charge in [0, 0.05) is 0 Å². The minimum absolute atomic E-state index is 0.620. The lowest BCUT2D eigenvalue weighted by Gasteiger charge is -2.15. The highest BCUT2D eigenvalue weighted by molar-refractivity contribution is 8.22. The van der Waals surface area contributed by atoms with Crippen molar-refractivity contribution in [2.75, 3.05) is 14.1 Å². The zero-order valence-corrected chi connectivity index (χ0v) is 6.63. The number of thioether (sulfide) groups is 2. The van der Waals surface area contributed by atoms with E-state index in [0.717, 1.165) is 0 Å². The Labute approximate surface area is 58.5 Å². The first-order valence-corrected chi connectivity index (χ1v) is 4.31. The van der Waals surface area contributed by atoms with Crippen LogP contribution in [-0.2, 0) is 0 Å². The largest absolute Gasteiger partial charge is 0.289 e. The van der Waals surface area contributed by atoms with Crippen LogP contribution in [0.15, 0.2) is 10.8 Å². The van der Waals surface area contributed by atoms with E-state index in [1.54, 1.807) is 0 Å². The van der Waals surface area contributed by atoms with Crippen LogP contribution in [-0.4, -0.2) is 23.7 Å². The van der Waals surface area contributed by atoms with E-state index in [2.05, 4.69) is 29.8 Å². The number of rotatable bonds is 1. The molecule has 0 atom stereocenters. The van der Waals surface area contributed by atoms with Gasteiger partial charge in [-0.15, -0.1) is 23.5 Å². The van der Waals surface area contributed by atoms with Crippen molar-refractivity contribution in [1.82, 2.24) is 4.90 Å². The van der Waals surface area contributed by atoms with E-state index in [1.807, 2.05) is 23.5 Å². The van der Waals surface area contributed by atoms with E-state index in [-0.39, 0.29) is 0 Å². The lowest BCUT2D eigenvalue weighted by molar-refractivity contribution is 0.462. The molecule has 0 fully saturated rings. The Hall–Kier alpha value is 0.400. The average Bonchev–Trinajstić information content (AvgIpc) is 2.12. The van der Waals surface area contributed by atoms with Gasteiger partial charge in [-0.1, -0.05) is 0 Å². The fourth-order valence-electron chi connectivity index (χ4n) is 0.474. The Morgan fingerprint density at radius 3 is 2.00 bits per heavy atom. The van der Waals surface area contributed by atoms with Crippen molar-refractivity contribution in [2.24, 2.45) is 0 Å². The van der Waals surface area contributed by atoms with Gasteiger partial charge in [-0.3, -0.25) is 4.90 Å². The first-order valence-electron chi connectivity index (χ1n) is 2.43. The van der Waals surface area contributed by atoms with Gasteiger partial charge < -0.3 is 0 Å². The van der Waals surface area contributed by atoms with E-state index in [9.17, 15) is 0 Å². The molecule has 1 heterocycles. The highest BCUT2D eigenvalue weighted by atomic mass is 32.2. The predicted molar refractivity (Wildman–Crippen MR) is 41.8 cm³/mol. The zero-order valence-electron chi connectivity index (χ0n) is 5.00.